The lowest BCUT2D eigenvalue weighted by Gasteiger charge is -2.23. The van der Waals surface area contributed by atoms with Crippen LogP contribution in [0.25, 0.3) is 10.8 Å². The van der Waals surface area contributed by atoms with E-state index in [1.165, 1.54) is 17.4 Å². The van der Waals surface area contributed by atoms with Crippen molar-refractivity contribution in [1.29, 1.82) is 0 Å². The van der Waals surface area contributed by atoms with Crippen LogP contribution in [0.3, 0.4) is 0 Å². The lowest BCUT2D eigenvalue weighted by Crippen LogP contribution is -2.37. The minimum absolute atomic E-state index is 0.199. The molecule has 0 heterocycles. The van der Waals surface area contributed by atoms with Crippen molar-refractivity contribution in [3.8, 4) is 0 Å². The van der Waals surface area contributed by atoms with Crippen LogP contribution in [-0.4, -0.2) is 37.5 Å². The number of anilines is 1. The minimum atomic E-state index is -3.68. The van der Waals surface area contributed by atoms with Gasteiger partial charge in [-0.25, -0.2) is 8.42 Å². The molecule has 0 aliphatic rings. The molecule has 0 radical (unpaired) electrons. The maximum atomic E-state index is 12.6. The lowest BCUT2D eigenvalue weighted by molar-refractivity contribution is 0.214. The van der Waals surface area contributed by atoms with Crippen molar-refractivity contribution < 1.29 is 13.5 Å². The summed E-state index contributed by atoms with van der Waals surface area (Å²) in [5.41, 5.74) is 6.42. The summed E-state index contributed by atoms with van der Waals surface area (Å²) in [4.78, 5) is 0.199. The molecule has 0 spiro atoms. The maximum Gasteiger partial charge on any atom is 0.243 e. The highest BCUT2D eigenvalue weighted by Crippen LogP contribution is 2.29. The molecule has 1 atom stereocenters. The molecule has 0 aliphatic heterocycles. The summed E-state index contributed by atoms with van der Waals surface area (Å²) in [6.07, 6.45) is 0. The van der Waals surface area contributed by atoms with Gasteiger partial charge in [0.1, 0.15) is 0 Å². The smallest absolute Gasteiger partial charge is 0.243 e. The second-order valence-electron chi connectivity index (χ2n) is 4.75. The fourth-order valence-corrected chi connectivity index (χ4v) is 3.57. The van der Waals surface area contributed by atoms with Crippen molar-refractivity contribution in [3.05, 3.63) is 36.4 Å². The van der Waals surface area contributed by atoms with Gasteiger partial charge in [0.2, 0.25) is 10.0 Å². The molecule has 0 amide bonds. The number of fused-ring (bicyclic) bond motifs is 1. The summed E-state index contributed by atoms with van der Waals surface area (Å²) >= 11 is 0. The molecular weight excluding hydrogens is 276 g/mol. The van der Waals surface area contributed by atoms with Gasteiger partial charge >= 0.3 is 0 Å². The Labute approximate surface area is 118 Å². The van der Waals surface area contributed by atoms with Crippen molar-refractivity contribution in [2.45, 2.75) is 17.9 Å². The maximum absolute atomic E-state index is 12.6. The predicted molar refractivity (Wildman–Crippen MR) is 79.9 cm³/mol. The van der Waals surface area contributed by atoms with Crippen molar-refractivity contribution in [1.82, 2.24) is 4.31 Å². The highest BCUT2D eigenvalue weighted by atomic mass is 32.2. The molecule has 0 saturated heterocycles. The zero-order valence-corrected chi connectivity index (χ0v) is 12.3. The number of nitrogen functional groups attached to an aromatic ring is 1. The van der Waals surface area contributed by atoms with E-state index in [0.717, 1.165) is 0 Å². The van der Waals surface area contributed by atoms with Gasteiger partial charge in [-0.1, -0.05) is 24.3 Å². The molecule has 0 aliphatic carbocycles. The van der Waals surface area contributed by atoms with Gasteiger partial charge < -0.3 is 10.8 Å². The van der Waals surface area contributed by atoms with E-state index in [9.17, 15) is 8.42 Å². The summed E-state index contributed by atoms with van der Waals surface area (Å²) in [6.45, 7) is 1.42. The highest BCUT2D eigenvalue weighted by molar-refractivity contribution is 7.89. The number of aliphatic hydroxyl groups excluding tert-OH is 1. The Bertz CT molecular complexity index is 728. The monoisotopic (exact) mass is 294 g/mol. The normalized spacial score (nSPS) is 13.8. The summed E-state index contributed by atoms with van der Waals surface area (Å²) in [7, 11) is -2.22. The van der Waals surface area contributed by atoms with E-state index in [0.29, 0.717) is 16.5 Å². The molecule has 2 aromatic rings. The average Bonchev–Trinajstić information content (AvgIpc) is 2.46. The van der Waals surface area contributed by atoms with Crippen LogP contribution in [-0.2, 0) is 10.0 Å². The molecule has 0 fully saturated rings. The summed E-state index contributed by atoms with van der Waals surface area (Å²) < 4.78 is 26.4. The Kier molecular flexibility index (Phi) is 3.99. The summed E-state index contributed by atoms with van der Waals surface area (Å²) in [6, 6.07) is 9.72. The Morgan fingerprint density at radius 1 is 1.20 bits per heavy atom. The molecular formula is C14H18N2O3S. The largest absolute Gasteiger partial charge is 0.398 e. The van der Waals surface area contributed by atoms with Crippen molar-refractivity contribution in [2.75, 3.05) is 19.4 Å². The Hall–Kier alpha value is -1.63. The van der Waals surface area contributed by atoms with E-state index in [-0.39, 0.29) is 11.5 Å². The predicted octanol–water partition coefficient (Wildman–Crippen LogP) is 1.42. The topological polar surface area (TPSA) is 83.6 Å². The highest BCUT2D eigenvalue weighted by Gasteiger charge is 2.26. The number of hydrogen-bond acceptors (Lipinski definition) is 4. The number of nitrogens with zero attached hydrogens (tertiary/aromatic N) is 1. The zero-order valence-electron chi connectivity index (χ0n) is 11.4. The van der Waals surface area contributed by atoms with Gasteiger partial charge in [-0.15, -0.1) is 0 Å². The van der Waals surface area contributed by atoms with Crippen LogP contribution in [0.2, 0.25) is 0 Å². The first-order chi connectivity index (χ1) is 9.39. The van der Waals surface area contributed by atoms with Gasteiger partial charge in [-0.2, -0.15) is 4.31 Å². The SMILES string of the molecule is CC(CO)N(C)S(=O)(=O)c1ccc(N)c2ccccc12. The fraction of sp³-hybridized carbons (Fsp3) is 0.286. The number of rotatable bonds is 4. The van der Waals surface area contributed by atoms with Crippen LogP contribution in [0.1, 0.15) is 6.92 Å². The first-order valence-corrected chi connectivity index (χ1v) is 7.69. The molecule has 0 saturated carbocycles. The number of sulfonamides is 1. The van der Waals surface area contributed by atoms with E-state index >= 15 is 0 Å². The lowest BCUT2D eigenvalue weighted by atomic mass is 10.1. The molecule has 108 valence electrons. The van der Waals surface area contributed by atoms with Gasteiger partial charge in [-0.05, 0) is 19.1 Å². The van der Waals surface area contributed by atoms with Crippen LogP contribution in [0, 0.1) is 0 Å². The van der Waals surface area contributed by atoms with Crippen LogP contribution < -0.4 is 5.73 Å². The average molecular weight is 294 g/mol. The summed E-state index contributed by atoms with van der Waals surface area (Å²) in [5.74, 6) is 0. The Balaban J connectivity index is 2.67. The molecule has 1 unspecified atom stereocenters. The van der Waals surface area contributed by atoms with E-state index in [1.54, 1.807) is 31.2 Å². The van der Waals surface area contributed by atoms with E-state index in [1.807, 2.05) is 6.07 Å². The van der Waals surface area contributed by atoms with Gasteiger partial charge in [0.25, 0.3) is 0 Å². The van der Waals surface area contributed by atoms with Gasteiger partial charge in [0, 0.05) is 29.5 Å². The number of nitrogens with two attached hydrogens (primary N) is 1. The van der Waals surface area contributed by atoms with E-state index < -0.39 is 16.1 Å². The standard InChI is InChI=1S/C14H18N2O3S/c1-10(9-17)16(2)20(18,19)14-8-7-13(15)11-5-3-4-6-12(11)14/h3-8,10,17H,9,15H2,1-2H3. The number of aliphatic hydroxyl groups is 1. The van der Waals surface area contributed by atoms with Crippen molar-refractivity contribution in [2.24, 2.45) is 0 Å². The summed E-state index contributed by atoms with van der Waals surface area (Å²) in [5, 5.41) is 10.4. The first kappa shape index (κ1) is 14.8. The molecule has 2 rings (SSSR count). The third-order valence-corrected chi connectivity index (χ3v) is 5.49. The number of likely N-dealkylation sites (N-methyl/N-ethyl adjacent to an activating group) is 1. The van der Waals surface area contributed by atoms with Crippen molar-refractivity contribution in [3.63, 3.8) is 0 Å². The van der Waals surface area contributed by atoms with Gasteiger partial charge in [0.15, 0.2) is 0 Å². The van der Waals surface area contributed by atoms with Gasteiger partial charge in [-0.3, -0.25) is 0 Å². The van der Waals surface area contributed by atoms with E-state index in [4.69, 9.17) is 10.8 Å². The number of benzene rings is 2. The molecule has 0 aromatic heterocycles. The van der Waals surface area contributed by atoms with Crippen LogP contribution in [0.15, 0.2) is 41.3 Å². The number of hydrogen-bond donors (Lipinski definition) is 2. The quantitative estimate of drug-likeness (QED) is 0.835. The fourth-order valence-electron chi connectivity index (χ4n) is 2.03. The molecule has 6 heteroatoms. The zero-order chi connectivity index (χ0) is 14.9. The molecule has 2 aromatic carbocycles. The van der Waals surface area contributed by atoms with Crippen molar-refractivity contribution >= 4 is 26.5 Å². The van der Waals surface area contributed by atoms with E-state index in [2.05, 4.69) is 0 Å². The third kappa shape index (κ3) is 2.37. The molecule has 3 N–H and O–H groups in total. The first-order valence-electron chi connectivity index (χ1n) is 6.25. The second-order valence-corrected chi connectivity index (χ2v) is 6.72. The second kappa shape index (κ2) is 5.40. The van der Waals surface area contributed by atoms with Crippen LogP contribution in [0.5, 0.6) is 0 Å². The Morgan fingerprint density at radius 2 is 1.80 bits per heavy atom. The molecule has 0 bridgehead atoms. The molecule has 5 nitrogen and oxygen atoms in total. The van der Waals surface area contributed by atoms with Gasteiger partial charge in [0.05, 0.1) is 11.5 Å². The molecule has 20 heavy (non-hydrogen) atoms. The minimum Gasteiger partial charge on any atom is -0.398 e. The van der Waals surface area contributed by atoms with Crippen LogP contribution >= 0.6 is 0 Å². The van der Waals surface area contributed by atoms with Crippen LogP contribution in [0.4, 0.5) is 5.69 Å². The Morgan fingerprint density at radius 3 is 2.40 bits per heavy atom. The third-order valence-electron chi connectivity index (χ3n) is 3.46.